The summed E-state index contributed by atoms with van der Waals surface area (Å²) in [5.74, 6) is 0.476. The number of ether oxygens (including phenoxy) is 1. The van der Waals surface area contributed by atoms with Gasteiger partial charge in [-0.3, -0.25) is 4.79 Å². The number of carbonyl (C=O) groups is 2. The molecule has 1 aromatic carbocycles. The zero-order valence-electron chi connectivity index (χ0n) is 14.4. The molecule has 2 atom stereocenters. The second-order valence-electron chi connectivity index (χ2n) is 6.55. The highest BCUT2D eigenvalue weighted by Crippen LogP contribution is 2.25. The van der Waals surface area contributed by atoms with E-state index >= 15 is 0 Å². The molecule has 3 amide bonds. The number of piperidine rings is 1. The lowest BCUT2D eigenvalue weighted by Crippen LogP contribution is -2.50. The first-order chi connectivity index (χ1) is 12.1. The zero-order valence-corrected chi connectivity index (χ0v) is 14.4. The van der Waals surface area contributed by atoms with Crippen LogP contribution in [0.4, 0.5) is 14.9 Å². The molecule has 136 valence electrons. The van der Waals surface area contributed by atoms with Gasteiger partial charge >= 0.3 is 6.03 Å². The number of nitrogens with one attached hydrogen (secondary N) is 1. The molecule has 0 aliphatic carbocycles. The van der Waals surface area contributed by atoms with Crippen LogP contribution in [0.25, 0.3) is 0 Å². The fourth-order valence-corrected chi connectivity index (χ4v) is 3.46. The van der Waals surface area contributed by atoms with Crippen molar-refractivity contribution >= 4 is 17.6 Å². The Bertz CT molecular complexity index is 634. The minimum Gasteiger partial charge on any atom is -0.497 e. The van der Waals surface area contributed by atoms with Crippen LogP contribution in [0.1, 0.15) is 25.7 Å². The summed E-state index contributed by atoms with van der Waals surface area (Å²) in [6.45, 7) is 1.33. The second-order valence-corrected chi connectivity index (χ2v) is 6.55. The molecule has 2 heterocycles. The maximum atomic E-state index is 14.0. The molecule has 7 heteroatoms. The van der Waals surface area contributed by atoms with Gasteiger partial charge in [0, 0.05) is 31.3 Å². The number of likely N-dealkylation sites (tertiary alicyclic amines) is 2. The number of hydrogen-bond acceptors (Lipinski definition) is 3. The second kappa shape index (κ2) is 7.72. The van der Waals surface area contributed by atoms with Crippen LogP contribution in [-0.2, 0) is 4.79 Å². The van der Waals surface area contributed by atoms with Crippen molar-refractivity contribution in [2.75, 3.05) is 32.1 Å². The van der Waals surface area contributed by atoms with Crippen molar-refractivity contribution in [3.8, 4) is 5.75 Å². The van der Waals surface area contributed by atoms with Crippen LogP contribution < -0.4 is 10.1 Å². The Morgan fingerprint density at radius 1 is 1.24 bits per heavy atom. The van der Waals surface area contributed by atoms with Crippen LogP contribution in [0.3, 0.4) is 0 Å². The van der Waals surface area contributed by atoms with Crippen LogP contribution in [0, 0.1) is 0 Å². The van der Waals surface area contributed by atoms with E-state index in [2.05, 4.69) is 5.32 Å². The van der Waals surface area contributed by atoms with Gasteiger partial charge in [0.25, 0.3) is 0 Å². The zero-order chi connectivity index (χ0) is 17.8. The molecular weight excluding hydrogens is 325 g/mol. The fraction of sp³-hybridized carbons (Fsp3) is 0.556. The quantitative estimate of drug-likeness (QED) is 0.913. The molecule has 1 aromatic rings. The first kappa shape index (κ1) is 17.5. The van der Waals surface area contributed by atoms with E-state index in [1.807, 2.05) is 0 Å². The summed E-state index contributed by atoms with van der Waals surface area (Å²) in [6.07, 6.45) is 1.94. The Morgan fingerprint density at radius 2 is 2.00 bits per heavy atom. The predicted molar refractivity (Wildman–Crippen MR) is 92.5 cm³/mol. The molecule has 2 aliphatic heterocycles. The third-order valence-electron chi connectivity index (χ3n) is 4.78. The van der Waals surface area contributed by atoms with Gasteiger partial charge in [0.15, 0.2) is 0 Å². The average Bonchev–Trinajstić information content (AvgIpc) is 3.04. The van der Waals surface area contributed by atoms with Crippen molar-refractivity contribution in [2.24, 2.45) is 0 Å². The number of methoxy groups -OCH3 is 1. The fourth-order valence-electron chi connectivity index (χ4n) is 3.46. The Morgan fingerprint density at radius 3 is 2.72 bits per heavy atom. The number of urea groups is 1. The van der Waals surface area contributed by atoms with Crippen molar-refractivity contribution in [3.63, 3.8) is 0 Å². The summed E-state index contributed by atoms with van der Waals surface area (Å²) >= 11 is 0. The molecule has 3 rings (SSSR count). The van der Waals surface area contributed by atoms with Crippen molar-refractivity contribution in [3.05, 3.63) is 24.3 Å². The summed E-state index contributed by atoms with van der Waals surface area (Å²) in [6, 6.07) is 5.76. The molecule has 0 spiro atoms. The third kappa shape index (κ3) is 4.03. The van der Waals surface area contributed by atoms with E-state index in [1.165, 1.54) is 4.90 Å². The van der Waals surface area contributed by atoms with E-state index in [0.717, 1.165) is 19.3 Å². The minimum absolute atomic E-state index is 0.0555. The van der Waals surface area contributed by atoms with Gasteiger partial charge < -0.3 is 19.9 Å². The molecule has 2 fully saturated rings. The van der Waals surface area contributed by atoms with Gasteiger partial charge in [0.2, 0.25) is 5.91 Å². The molecule has 2 aliphatic rings. The van der Waals surface area contributed by atoms with Crippen molar-refractivity contribution < 1.29 is 18.7 Å². The number of carbonyl (C=O) groups excluding carboxylic acids is 2. The largest absolute Gasteiger partial charge is 0.497 e. The lowest BCUT2D eigenvalue weighted by Gasteiger charge is -2.32. The lowest BCUT2D eigenvalue weighted by atomic mass is 10.1. The molecule has 2 saturated heterocycles. The summed E-state index contributed by atoms with van der Waals surface area (Å²) in [7, 11) is 1.54. The smallest absolute Gasteiger partial charge is 0.322 e. The van der Waals surface area contributed by atoms with Gasteiger partial charge in [0.1, 0.15) is 18.0 Å². The molecule has 0 aromatic heterocycles. The maximum Gasteiger partial charge on any atom is 0.322 e. The standard InChI is InChI=1S/C18H24FN3O3/c1-25-15-7-5-6-14(11-15)20-18(24)22-12-13(19)10-16(22)17(23)21-8-3-2-4-9-21/h5-7,11,13,16H,2-4,8-10,12H2,1H3,(H,20,24)/t13-,16-/m0/s1. The molecular formula is C18H24FN3O3. The van der Waals surface area contributed by atoms with Crippen LogP contribution in [-0.4, -0.2) is 60.7 Å². The molecule has 6 nitrogen and oxygen atoms in total. The van der Waals surface area contributed by atoms with Gasteiger partial charge in [-0.2, -0.15) is 0 Å². The van der Waals surface area contributed by atoms with E-state index in [1.54, 1.807) is 36.3 Å². The molecule has 0 unspecified atom stereocenters. The topological polar surface area (TPSA) is 61.9 Å². The molecule has 1 N–H and O–H groups in total. The minimum atomic E-state index is -1.17. The van der Waals surface area contributed by atoms with Gasteiger partial charge in [-0.05, 0) is 31.4 Å². The molecule has 0 bridgehead atoms. The summed E-state index contributed by atoms with van der Waals surface area (Å²) in [5.41, 5.74) is 0.552. The number of alkyl halides is 1. The molecule has 0 saturated carbocycles. The Hall–Kier alpha value is -2.31. The van der Waals surface area contributed by atoms with Crippen molar-refractivity contribution in [1.29, 1.82) is 0 Å². The summed E-state index contributed by atoms with van der Waals surface area (Å²) in [4.78, 5) is 28.4. The average molecular weight is 349 g/mol. The number of anilines is 1. The Kier molecular flexibility index (Phi) is 5.40. The number of hydrogen-bond donors (Lipinski definition) is 1. The van der Waals surface area contributed by atoms with Gasteiger partial charge in [0.05, 0.1) is 13.7 Å². The summed E-state index contributed by atoms with van der Waals surface area (Å²) < 4.78 is 19.1. The number of halogens is 1. The van der Waals surface area contributed by atoms with E-state index in [4.69, 9.17) is 4.74 Å². The first-order valence-electron chi connectivity index (χ1n) is 8.73. The molecule has 0 radical (unpaired) electrons. The SMILES string of the molecule is COc1cccc(NC(=O)N2C[C@@H](F)C[C@H]2C(=O)N2CCCCC2)c1. The van der Waals surface area contributed by atoms with Crippen LogP contribution in [0.2, 0.25) is 0 Å². The van der Waals surface area contributed by atoms with Crippen molar-refractivity contribution in [2.45, 2.75) is 37.9 Å². The van der Waals surface area contributed by atoms with Crippen LogP contribution in [0.15, 0.2) is 24.3 Å². The third-order valence-corrected chi connectivity index (χ3v) is 4.78. The highest BCUT2D eigenvalue weighted by atomic mass is 19.1. The normalized spacial score (nSPS) is 23.4. The van der Waals surface area contributed by atoms with Crippen molar-refractivity contribution in [1.82, 2.24) is 9.80 Å². The molecule has 25 heavy (non-hydrogen) atoms. The number of nitrogens with zero attached hydrogens (tertiary/aromatic N) is 2. The highest BCUT2D eigenvalue weighted by Gasteiger charge is 2.41. The summed E-state index contributed by atoms with van der Waals surface area (Å²) in [5, 5.41) is 2.74. The number of benzene rings is 1. The van der Waals surface area contributed by atoms with Gasteiger partial charge in [-0.1, -0.05) is 6.07 Å². The van der Waals surface area contributed by atoms with E-state index in [9.17, 15) is 14.0 Å². The van der Waals surface area contributed by atoms with Crippen LogP contribution >= 0.6 is 0 Å². The van der Waals surface area contributed by atoms with E-state index < -0.39 is 18.2 Å². The number of amides is 3. The Balaban J connectivity index is 1.69. The lowest BCUT2D eigenvalue weighted by molar-refractivity contribution is -0.136. The van der Waals surface area contributed by atoms with E-state index in [0.29, 0.717) is 24.5 Å². The monoisotopic (exact) mass is 349 g/mol. The predicted octanol–water partition coefficient (Wildman–Crippen LogP) is 2.65. The maximum absolute atomic E-state index is 14.0. The highest BCUT2D eigenvalue weighted by molar-refractivity contribution is 5.94. The first-order valence-corrected chi connectivity index (χ1v) is 8.73. The number of rotatable bonds is 3. The van der Waals surface area contributed by atoms with E-state index in [-0.39, 0.29) is 18.9 Å². The van der Waals surface area contributed by atoms with Crippen LogP contribution in [0.5, 0.6) is 5.75 Å². The van der Waals surface area contributed by atoms with Gasteiger partial charge in [-0.25, -0.2) is 9.18 Å². The van der Waals surface area contributed by atoms with Gasteiger partial charge in [-0.15, -0.1) is 0 Å². The Labute approximate surface area is 146 Å².